The fraction of sp³-hybridized carbons (Fsp3) is 0.0769. The lowest BCUT2D eigenvalue weighted by atomic mass is 10.2. The second kappa shape index (κ2) is 5.50. The number of hydrogen-bond donors (Lipinski definition) is 1. The molecule has 98 valence electrons. The maximum atomic E-state index is 8.82. The molecular weight excluding hydrogens is 272 g/mol. The summed E-state index contributed by atoms with van der Waals surface area (Å²) in [7, 11) is 0. The van der Waals surface area contributed by atoms with Crippen LogP contribution >= 0.6 is 11.3 Å². The van der Waals surface area contributed by atoms with Crippen molar-refractivity contribution >= 4 is 17.0 Å². The van der Waals surface area contributed by atoms with Crippen LogP contribution in [0, 0.1) is 11.3 Å². The van der Waals surface area contributed by atoms with E-state index in [0.717, 1.165) is 16.3 Å². The molecular formula is C13H10N6S. The zero-order chi connectivity index (χ0) is 13.8. The Morgan fingerprint density at radius 1 is 1.35 bits per heavy atom. The summed E-state index contributed by atoms with van der Waals surface area (Å²) < 4.78 is 1.61. The summed E-state index contributed by atoms with van der Waals surface area (Å²) in [6.45, 7) is 0.658. The van der Waals surface area contributed by atoms with E-state index < -0.39 is 0 Å². The van der Waals surface area contributed by atoms with Crippen LogP contribution in [0.15, 0.2) is 42.0 Å². The highest BCUT2D eigenvalue weighted by Crippen LogP contribution is 2.21. The molecule has 3 aromatic rings. The Kier molecular flexibility index (Phi) is 3.39. The molecule has 0 saturated heterocycles. The van der Waals surface area contributed by atoms with E-state index in [-0.39, 0.29) is 0 Å². The van der Waals surface area contributed by atoms with Crippen LogP contribution in [0.1, 0.15) is 10.4 Å². The lowest BCUT2D eigenvalue weighted by molar-refractivity contribution is 0.789. The topological polar surface area (TPSA) is 79.4 Å². The van der Waals surface area contributed by atoms with Gasteiger partial charge in [0.1, 0.15) is 12.4 Å². The van der Waals surface area contributed by atoms with Crippen LogP contribution in [0.5, 0.6) is 0 Å². The number of benzene rings is 1. The van der Waals surface area contributed by atoms with Crippen LogP contribution in [-0.4, -0.2) is 20.2 Å². The van der Waals surface area contributed by atoms with Crippen molar-refractivity contribution in [2.45, 2.75) is 6.54 Å². The minimum absolute atomic E-state index is 0.658. The monoisotopic (exact) mass is 282 g/mol. The molecule has 0 saturated carbocycles. The van der Waals surface area contributed by atoms with Gasteiger partial charge in [0.25, 0.3) is 0 Å². The van der Waals surface area contributed by atoms with Gasteiger partial charge in [-0.2, -0.15) is 9.94 Å². The van der Waals surface area contributed by atoms with Crippen molar-refractivity contribution in [2.75, 3.05) is 5.32 Å². The molecule has 0 aliphatic heterocycles. The highest BCUT2D eigenvalue weighted by atomic mass is 32.1. The maximum Gasteiger partial charge on any atom is 0.143 e. The Labute approximate surface area is 119 Å². The SMILES string of the molecule is N#Cc1csc(CNc2ccccc2-n2cnnn2)c1. The molecule has 3 rings (SSSR count). The van der Waals surface area contributed by atoms with E-state index in [0.29, 0.717) is 12.1 Å². The van der Waals surface area contributed by atoms with Crippen molar-refractivity contribution in [1.29, 1.82) is 5.26 Å². The number of tetrazole rings is 1. The van der Waals surface area contributed by atoms with Gasteiger partial charge in [-0.3, -0.25) is 0 Å². The van der Waals surface area contributed by atoms with E-state index >= 15 is 0 Å². The van der Waals surface area contributed by atoms with E-state index in [1.807, 2.05) is 35.7 Å². The van der Waals surface area contributed by atoms with Crippen molar-refractivity contribution in [3.63, 3.8) is 0 Å². The first-order valence-electron chi connectivity index (χ1n) is 5.90. The largest absolute Gasteiger partial charge is 0.378 e. The van der Waals surface area contributed by atoms with Gasteiger partial charge in [-0.1, -0.05) is 12.1 Å². The molecule has 0 fully saturated rings. The quantitative estimate of drug-likeness (QED) is 0.793. The van der Waals surface area contributed by atoms with Crippen LogP contribution in [0.3, 0.4) is 0 Å². The second-order valence-corrected chi connectivity index (χ2v) is 5.03. The zero-order valence-corrected chi connectivity index (χ0v) is 11.2. The van der Waals surface area contributed by atoms with Crippen molar-refractivity contribution in [2.24, 2.45) is 0 Å². The molecule has 0 spiro atoms. The molecule has 0 atom stereocenters. The number of nitrogens with one attached hydrogen (secondary N) is 1. The van der Waals surface area contributed by atoms with Gasteiger partial charge >= 0.3 is 0 Å². The standard InChI is InChI=1S/C13H10N6S/c14-6-10-5-11(20-8-10)7-15-12-3-1-2-4-13(12)19-9-16-17-18-19/h1-5,8-9,15H,7H2. The molecule has 2 heterocycles. The van der Waals surface area contributed by atoms with Gasteiger partial charge in [0, 0.05) is 16.8 Å². The Hall–Kier alpha value is -2.72. The first kappa shape index (κ1) is 12.3. The summed E-state index contributed by atoms with van der Waals surface area (Å²) in [5.74, 6) is 0. The van der Waals surface area contributed by atoms with E-state index in [1.165, 1.54) is 0 Å². The van der Waals surface area contributed by atoms with Crippen molar-refractivity contribution in [3.8, 4) is 11.8 Å². The summed E-state index contributed by atoms with van der Waals surface area (Å²) >= 11 is 1.56. The third-order valence-corrected chi connectivity index (χ3v) is 3.67. The Bertz CT molecular complexity index is 740. The number of para-hydroxylation sites is 2. The summed E-state index contributed by atoms with van der Waals surface area (Å²) in [6.07, 6.45) is 1.56. The summed E-state index contributed by atoms with van der Waals surface area (Å²) in [4.78, 5) is 1.10. The number of nitrogens with zero attached hydrogens (tertiary/aromatic N) is 5. The van der Waals surface area contributed by atoms with Gasteiger partial charge in [0.05, 0.1) is 16.9 Å². The lowest BCUT2D eigenvalue weighted by Gasteiger charge is -2.10. The minimum Gasteiger partial charge on any atom is -0.378 e. The average Bonchev–Trinajstić information content (AvgIpc) is 3.17. The molecule has 0 aliphatic carbocycles. The zero-order valence-electron chi connectivity index (χ0n) is 10.4. The number of nitriles is 1. The van der Waals surface area contributed by atoms with Crippen molar-refractivity contribution in [3.05, 3.63) is 52.5 Å². The van der Waals surface area contributed by atoms with Gasteiger partial charge in [0.2, 0.25) is 0 Å². The number of thiophene rings is 1. The predicted molar refractivity (Wildman–Crippen MR) is 75.5 cm³/mol. The van der Waals surface area contributed by atoms with E-state index in [1.54, 1.807) is 22.3 Å². The van der Waals surface area contributed by atoms with Crippen molar-refractivity contribution in [1.82, 2.24) is 20.2 Å². The summed E-state index contributed by atoms with van der Waals surface area (Å²) in [6, 6.07) is 11.8. The number of anilines is 1. The second-order valence-electron chi connectivity index (χ2n) is 4.04. The minimum atomic E-state index is 0.658. The molecule has 0 amide bonds. The van der Waals surface area contributed by atoms with Gasteiger partial charge in [-0.05, 0) is 28.6 Å². The molecule has 6 nitrogen and oxygen atoms in total. The Balaban J connectivity index is 1.80. The molecule has 2 aromatic heterocycles. The molecule has 0 radical (unpaired) electrons. The first-order valence-corrected chi connectivity index (χ1v) is 6.78. The van der Waals surface area contributed by atoms with Crippen LogP contribution < -0.4 is 5.32 Å². The molecule has 0 bridgehead atoms. The van der Waals surface area contributed by atoms with Crippen LogP contribution in [0.2, 0.25) is 0 Å². The van der Waals surface area contributed by atoms with Gasteiger partial charge in [0.15, 0.2) is 0 Å². The molecule has 0 aliphatic rings. The van der Waals surface area contributed by atoms with E-state index in [4.69, 9.17) is 5.26 Å². The van der Waals surface area contributed by atoms with Gasteiger partial charge < -0.3 is 5.32 Å². The average molecular weight is 282 g/mol. The fourth-order valence-electron chi connectivity index (χ4n) is 1.81. The number of rotatable bonds is 4. The van der Waals surface area contributed by atoms with Crippen LogP contribution in [0.4, 0.5) is 5.69 Å². The smallest absolute Gasteiger partial charge is 0.143 e. The van der Waals surface area contributed by atoms with Crippen molar-refractivity contribution < 1.29 is 0 Å². The number of hydrogen-bond acceptors (Lipinski definition) is 6. The molecule has 1 aromatic carbocycles. The van der Waals surface area contributed by atoms with Crippen LogP contribution in [0.25, 0.3) is 5.69 Å². The highest BCUT2D eigenvalue weighted by Gasteiger charge is 2.05. The van der Waals surface area contributed by atoms with Gasteiger partial charge in [-0.15, -0.1) is 16.4 Å². The first-order chi connectivity index (χ1) is 9.86. The maximum absolute atomic E-state index is 8.82. The third kappa shape index (κ3) is 2.50. The number of aromatic nitrogens is 4. The third-order valence-electron chi connectivity index (χ3n) is 2.74. The molecule has 7 heteroatoms. The van der Waals surface area contributed by atoms with E-state index in [9.17, 15) is 0 Å². The summed E-state index contributed by atoms with van der Waals surface area (Å²) in [5, 5.41) is 25.2. The molecule has 20 heavy (non-hydrogen) atoms. The molecule has 0 unspecified atom stereocenters. The fourth-order valence-corrected chi connectivity index (χ4v) is 2.56. The normalized spacial score (nSPS) is 10.2. The highest BCUT2D eigenvalue weighted by molar-refractivity contribution is 7.10. The lowest BCUT2D eigenvalue weighted by Crippen LogP contribution is -2.04. The predicted octanol–water partition coefficient (Wildman–Crippen LogP) is 2.21. The Morgan fingerprint density at radius 2 is 2.25 bits per heavy atom. The van der Waals surface area contributed by atoms with Crippen LogP contribution in [-0.2, 0) is 6.54 Å². The van der Waals surface area contributed by atoms with Gasteiger partial charge in [-0.25, -0.2) is 0 Å². The summed E-state index contributed by atoms with van der Waals surface area (Å²) in [5.41, 5.74) is 2.52. The Morgan fingerprint density at radius 3 is 3.00 bits per heavy atom. The molecule has 1 N–H and O–H groups in total. The van der Waals surface area contributed by atoms with E-state index in [2.05, 4.69) is 26.9 Å².